The Balaban J connectivity index is 1.69. The quantitative estimate of drug-likeness (QED) is 0.635. The number of fused-ring (bicyclic) bond motifs is 1. The molecular weight excluding hydrogens is 326 g/mol. The van der Waals surface area contributed by atoms with E-state index < -0.39 is 41.5 Å². The molecule has 0 radical (unpaired) electrons. The zero-order chi connectivity index (χ0) is 17.3. The van der Waals surface area contributed by atoms with E-state index in [2.05, 4.69) is 0 Å². The summed E-state index contributed by atoms with van der Waals surface area (Å²) in [4.78, 5) is 13.6. The van der Waals surface area contributed by atoms with Crippen molar-refractivity contribution in [1.82, 2.24) is 4.90 Å². The highest BCUT2D eigenvalue weighted by Gasteiger charge is 2.24. The molecule has 126 valence electrons. The third-order valence-corrected chi connectivity index (χ3v) is 3.89. The van der Waals surface area contributed by atoms with Crippen molar-refractivity contribution >= 4 is 5.91 Å². The van der Waals surface area contributed by atoms with Crippen molar-refractivity contribution in [3.63, 3.8) is 0 Å². The number of carbonyl (C=O) groups is 1. The maximum Gasteiger partial charge on any atom is 0.260 e. The molecule has 0 aromatic heterocycles. The minimum absolute atomic E-state index is 0.0842. The van der Waals surface area contributed by atoms with E-state index in [0.717, 1.165) is 11.1 Å². The second-order valence-corrected chi connectivity index (χ2v) is 5.42. The Hall–Kier alpha value is -2.57. The van der Waals surface area contributed by atoms with Crippen LogP contribution in [-0.4, -0.2) is 24.0 Å². The number of ether oxygens (including phenoxy) is 1. The molecule has 0 bridgehead atoms. The van der Waals surface area contributed by atoms with Crippen LogP contribution in [0.3, 0.4) is 0 Å². The fraction of sp³-hybridized carbons (Fsp3) is 0.235. The lowest BCUT2D eigenvalue weighted by molar-refractivity contribution is -0.134. The van der Waals surface area contributed by atoms with Gasteiger partial charge in [-0.3, -0.25) is 4.79 Å². The molecule has 0 fully saturated rings. The molecule has 0 N–H and O–H groups in total. The van der Waals surface area contributed by atoms with Gasteiger partial charge in [-0.1, -0.05) is 24.3 Å². The molecule has 0 spiro atoms. The summed E-state index contributed by atoms with van der Waals surface area (Å²) in [6.07, 6.45) is 0.652. The lowest BCUT2D eigenvalue weighted by Gasteiger charge is -2.28. The van der Waals surface area contributed by atoms with Crippen LogP contribution in [0.15, 0.2) is 30.3 Å². The topological polar surface area (TPSA) is 29.5 Å². The molecule has 0 saturated carbocycles. The first kappa shape index (κ1) is 16.3. The van der Waals surface area contributed by atoms with Crippen LogP contribution in [0.4, 0.5) is 17.6 Å². The number of benzene rings is 2. The summed E-state index contributed by atoms with van der Waals surface area (Å²) < 4.78 is 57.9. The lowest BCUT2D eigenvalue weighted by atomic mass is 10.00. The molecule has 7 heteroatoms. The van der Waals surface area contributed by atoms with Crippen LogP contribution in [0.1, 0.15) is 11.1 Å². The van der Waals surface area contributed by atoms with E-state index in [-0.39, 0.29) is 6.07 Å². The normalized spacial score (nSPS) is 13.6. The van der Waals surface area contributed by atoms with E-state index in [4.69, 9.17) is 4.74 Å². The van der Waals surface area contributed by atoms with Crippen LogP contribution < -0.4 is 4.74 Å². The van der Waals surface area contributed by atoms with Gasteiger partial charge < -0.3 is 9.64 Å². The van der Waals surface area contributed by atoms with Gasteiger partial charge in [0.25, 0.3) is 5.91 Å². The molecule has 24 heavy (non-hydrogen) atoms. The van der Waals surface area contributed by atoms with Crippen molar-refractivity contribution in [2.75, 3.05) is 13.2 Å². The summed E-state index contributed by atoms with van der Waals surface area (Å²) in [6.45, 7) is 0.0709. The molecule has 0 atom stereocenters. The summed E-state index contributed by atoms with van der Waals surface area (Å²) in [5.74, 6) is -8.23. The molecule has 3 rings (SSSR count). The number of halogens is 4. The van der Waals surface area contributed by atoms with E-state index in [9.17, 15) is 22.4 Å². The summed E-state index contributed by atoms with van der Waals surface area (Å²) in [5.41, 5.74) is 2.11. The molecule has 3 nitrogen and oxygen atoms in total. The number of amides is 1. The Labute approximate surface area is 135 Å². The number of nitrogens with zero attached hydrogens (tertiary/aromatic N) is 1. The van der Waals surface area contributed by atoms with Crippen LogP contribution in [0, 0.1) is 23.3 Å². The summed E-state index contributed by atoms with van der Waals surface area (Å²) in [7, 11) is 0. The van der Waals surface area contributed by atoms with E-state index in [1.54, 1.807) is 0 Å². The van der Waals surface area contributed by atoms with Gasteiger partial charge in [-0.05, 0) is 17.5 Å². The molecule has 2 aromatic rings. The number of hydrogen-bond donors (Lipinski definition) is 0. The minimum atomic E-state index is -1.66. The maximum absolute atomic E-state index is 13.5. The maximum atomic E-state index is 13.5. The number of rotatable bonds is 3. The first-order valence-corrected chi connectivity index (χ1v) is 7.27. The first-order valence-electron chi connectivity index (χ1n) is 7.27. The van der Waals surface area contributed by atoms with Gasteiger partial charge in [0.05, 0.1) is 0 Å². The molecule has 0 aliphatic carbocycles. The number of carbonyl (C=O) groups excluding carboxylic acids is 1. The lowest BCUT2D eigenvalue weighted by Crippen LogP contribution is -2.38. The fourth-order valence-electron chi connectivity index (χ4n) is 2.61. The van der Waals surface area contributed by atoms with Crippen molar-refractivity contribution in [2.24, 2.45) is 0 Å². The average molecular weight is 339 g/mol. The second-order valence-electron chi connectivity index (χ2n) is 5.42. The highest BCUT2D eigenvalue weighted by atomic mass is 19.2. The van der Waals surface area contributed by atoms with E-state index in [1.165, 1.54) is 4.90 Å². The predicted octanol–water partition coefficient (Wildman–Crippen LogP) is 3.21. The molecule has 0 saturated heterocycles. The zero-order valence-corrected chi connectivity index (χ0v) is 12.5. The zero-order valence-electron chi connectivity index (χ0n) is 12.5. The summed E-state index contributed by atoms with van der Waals surface area (Å²) >= 11 is 0. The summed E-state index contributed by atoms with van der Waals surface area (Å²) in [6, 6.07) is 7.69. The van der Waals surface area contributed by atoms with Crippen molar-refractivity contribution in [3.05, 3.63) is 64.7 Å². The second kappa shape index (κ2) is 6.51. The molecule has 1 aliphatic heterocycles. The van der Waals surface area contributed by atoms with Gasteiger partial charge in [-0.25, -0.2) is 8.78 Å². The molecule has 2 aromatic carbocycles. The van der Waals surface area contributed by atoms with Gasteiger partial charge in [-0.15, -0.1) is 0 Å². The highest BCUT2D eigenvalue weighted by Crippen LogP contribution is 2.26. The van der Waals surface area contributed by atoms with Gasteiger partial charge in [-0.2, -0.15) is 8.78 Å². The van der Waals surface area contributed by atoms with Crippen molar-refractivity contribution in [1.29, 1.82) is 0 Å². The van der Waals surface area contributed by atoms with E-state index in [1.807, 2.05) is 24.3 Å². The van der Waals surface area contributed by atoms with Gasteiger partial charge >= 0.3 is 0 Å². The van der Waals surface area contributed by atoms with E-state index in [0.29, 0.717) is 19.5 Å². The Bertz CT molecular complexity index is 768. The Kier molecular flexibility index (Phi) is 4.42. The van der Waals surface area contributed by atoms with Crippen LogP contribution in [0.5, 0.6) is 5.75 Å². The third-order valence-electron chi connectivity index (χ3n) is 3.89. The average Bonchev–Trinajstić information content (AvgIpc) is 2.59. The van der Waals surface area contributed by atoms with Crippen molar-refractivity contribution in [2.45, 2.75) is 13.0 Å². The molecule has 1 aliphatic rings. The van der Waals surface area contributed by atoms with Crippen LogP contribution in [0.25, 0.3) is 0 Å². The Morgan fingerprint density at radius 2 is 1.67 bits per heavy atom. The molecule has 1 heterocycles. The predicted molar refractivity (Wildman–Crippen MR) is 77.3 cm³/mol. The van der Waals surface area contributed by atoms with Gasteiger partial charge in [0.1, 0.15) is 0 Å². The van der Waals surface area contributed by atoms with E-state index >= 15 is 0 Å². The van der Waals surface area contributed by atoms with Gasteiger partial charge in [0.2, 0.25) is 11.6 Å². The van der Waals surface area contributed by atoms with Crippen LogP contribution in [-0.2, 0) is 17.8 Å². The standard InChI is InChI=1S/C17H13F4NO2/c18-12-7-13(19)16(21)17(15(12)20)24-9-14(23)22-6-5-10-3-1-2-4-11(10)8-22/h1-4,7H,5-6,8-9H2. The largest absolute Gasteiger partial charge is 0.477 e. The van der Waals surface area contributed by atoms with Crippen molar-refractivity contribution < 1.29 is 27.1 Å². The molecule has 0 unspecified atom stereocenters. The monoisotopic (exact) mass is 339 g/mol. The van der Waals surface area contributed by atoms with Crippen molar-refractivity contribution in [3.8, 4) is 5.75 Å². The van der Waals surface area contributed by atoms with Crippen LogP contribution in [0.2, 0.25) is 0 Å². The Morgan fingerprint density at radius 3 is 2.33 bits per heavy atom. The first-order chi connectivity index (χ1) is 11.5. The third kappa shape index (κ3) is 3.06. The number of hydrogen-bond acceptors (Lipinski definition) is 2. The van der Waals surface area contributed by atoms with Crippen LogP contribution >= 0.6 is 0 Å². The molecular formula is C17H13F4NO2. The highest BCUT2D eigenvalue weighted by molar-refractivity contribution is 5.78. The SMILES string of the molecule is O=C(COc1c(F)c(F)cc(F)c1F)N1CCc2ccccc2C1. The minimum Gasteiger partial charge on any atom is -0.477 e. The fourth-order valence-corrected chi connectivity index (χ4v) is 2.61. The molecule has 1 amide bonds. The smallest absolute Gasteiger partial charge is 0.260 e. The Morgan fingerprint density at radius 1 is 1.04 bits per heavy atom. The van der Waals surface area contributed by atoms with Gasteiger partial charge in [0, 0.05) is 19.2 Å². The van der Waals surface area contributed by atoms with Gasteiger partial charge in [0.15, 0.2) is 24.0 Å². The summed E-state index contributed by atoms with van der Waals surface area (Å²) in [5, 5.41) is 0.